The van der Waals surface area contributed by atoms with Crippen LogP contribution in [0.15, 0.2) is 12.3 Å². The highest BCUT2D eigenvalue weighted by Crippen LogP contribution is 2.19. The van der Waals surface area contributed by atoms with Crippen LogP contribution in [0.2, 0.25) is 0 Å². The summed E-state index contributed by atoms with van der Waals surface area (Å²) in [6, 6.07) is 2.45. The quantitative estimate of drug-likeness (QED) is 0.747. The van der Waals surface area contributed by atoms with E-state index in [1.807, 2.05) is 13.0 Å². The summed E-state index contributed by atoms with van der Waals surface area (Å²) < 4.78 is 0. The Morgan fingerprint density at radius 1 is 1.31 bits per heavy atom. The van der Waals surface area contributed by atoms with Gasteiger partial charge in [0.05, 0.1) is 0 Å². The fraction of sp³-hybridized carbons (Fsp3) is 0.667. The maximum absolute atomic E-state index is 6.15. The molecule has 1 heterocycles. The number of aromatic nitrogens is 2. The molecule has 1 saturated carbocycles. The molecule has 0 aliphatic heterocycles. The van der Waals surface area contributed by atoms with E-state index in [9.17, 15) is 0 Å². The molecule has 1 aromatic rings. The average molecular weight is 220 g/mol. The van der Waals surface area contributed by atoms with E-state index in [0.29, 0.717) is 12.0 Å². The van der Waals surface area contributed by atoms with Crippen molar-refractivity contribution in [2.75, 3.05) is 5.32 Å². The first-order valence-electron chi connectivity index (χ1n) is 6.07. The van der Waals surface area contributed by atoms with Gasteiger partial charge in [0.1, 0.15) is 0 Å². The summed E-state index contributed by atoms with van der Waals surface area (Å²) in [4.78, 5) is 8.58. The molecule has 0 amide bonds. The number of hydrogen-bond donors (Lipinski definition) is 2. The van der Waals surface area contributed by atoms with Gasteiger partial charge in [0.15, 0.2) is 0 Å². The molecular formula is C12H20N4. The van der Waals surface area contributed by atoms with Gasteiger partial charge in [-0.2, -0.15) is 0 Å². The highest BCUT2D eigenvalue weighted by molar-refractivity contribution is 5.27. The standard InChI is InChI=1S/C12H20N4/c1-9-7-8-14-12(15-9)16-11-6-4-2-3-5-10(11)13/h7-8,10-11H,2-6,13H2,1H3,(H,14,15,16). The first-order valence-corrected chi connectivity index (χ1v) is 6.07. The molecule has 4 heteroatoms. The Morgan fingerprint density at radius 2 is 2.12 bits per heavy atom. The number of hydrogen-bond acceptors (Lipinski definition) is 4. The van der Waals surface area contributed by atoms with E-state index in [-0.39, 0.29) is 6.04 Å². The Bertz CT molecular complexity index is 340. The molecule has 1 fully saturated rings. The summed E-state index contributed by atoms with van der Waals surface area (Å²) in [5, 5.41) is 3.36. The maximum Gasteiger partial charge on any atom is 0.223 e. The van der Waals surface area contributed by atoms with Gasteiger partial charge in [0, 0.05) is 24.0 Å². The lowest BCUT2D eigenvalue weighted by molar-refractivity contribution is 0.525. The van der Waals surface area contributed by atoms with Crippen LogP contribution in [-0.2, 0) is 0 Å². The van der Waals surface area contributed by atoms with Gasteiger partial charge >= 0.3 is 0 Å². The summed E-state index contributed by atoms with van der Waals surface area (Å²) >= 11 is 0. The smallest absolute Gasteiger partial charge is 0.223 e. The molecular weight excluding hydrogens is 200 g/mol. The third kappa shape index (κ3) is 2.92. The van der Waals surface area contributed by atoms with E-state index in [1.54, 1.807) is 6.20 Å². The van der Waals surface area contributed by atoms with Crippen molar-refractivity contribution in [2.45, 2.75) is 51.1 Å². The largest absolute Gasteiger partial charge is 0.350 e. The average Bonchev–Trinajstić information content (AvgIpc) is 2.45. The number of anilines is 1. The molecule has 4 nitrogen and oxygen atoms in total. The lowest BCUT2D eigenvalue weighted by Crippen LogP contribution is -2.39. The molecule has 0 radical (unpaired) electrons. The Kier molecular flexibility index (Phi) is 3.72. The van der Waals surface area contributed by atoms with E-state index in [0.717, 1.165) is 18.5 Å². The van der Waals surface area contributed by atoms with Crippen molar-refractivity contribution in [3.63, 3.8) is 0 Å². The molecule has 0 aromatic carbocycles. The summed E-state index contributed by atoms with van der Waals surface area (Å²) in [6.07, 6.45) is 7.79. The number of nitrogens with zero attached hydrogens (tertiary/aromatic N) is 2. The van der Waals surface area contributed by atoms with Gasteiger partial charge in [0.2, 0.25) is 5.95 Å². The summed E-state index contributed by atoms with van der Waals surface area (Å²) in [7, 11) is 0. The molecule has 88 valence electrons. The summed E-state index contributed by atoms with van der Waals surface area (Å²) in [6.45, 7) is 1.97. The van der Waals surface area contributed by atoms with Crippen molar-refractivity contribution in [3.05, 3.63) is 18.0 Å². The predicted molar refractivity (Wildman–Crippen MR) is 65.2 cm³/mol. The minimum absolute atomic E-state index is 0.228. The Labute approximate surface area is 96.7 Å². The van der Waals surface area contributed by atoms with Crippen LogP contribution in [0.1, 0.15) is 37.8 Å². The van der Waals surface area contributed by atoms with Crippen LogP contribution in [0.25, 0.3) is 0 Å². The van der Waals surface area contributed by atoms with Crippen LogP contribution in [0.5, 0.6) is 0 Å². The van der Waals surface area contributed by atoms with Gasteiger partial charge in [-0.15, -0.1) is 0 Å². The molecule has 0 bridgehead atoms. The van der Waals surface area contributed by atoms with Gasteiger partial charge in [-0.1, -0.05) is 19.3 Å². The molecule has 3 N–H and O–H groups in total. The predicted octanol–water partition coefficient (Wildman–Crippen LogP) is 1.86. The highest BCUT2D eigenvalue weighted by Gasteiger charge is 2.20. The van der Waals surface area contributed by atoms with Crippen molar-refractivity contribution in [1.82, 2.24) is 9.97 Å². The monoisotopic (exact) mass is 220 g/mol. The van der Waals surface area contributed by atoms with Crippen molar-refractivity contribution in [2.24, 2.45) is 5.73 Å². The SMILES string of the molecule is Cc1ccnc(NC2CCCCCC2N)n1. The van der Waals surface area contributed by atoms with Crippen LogP contribution in [0.3, 0.4) is 0 Å². The van der Waals surface area contributed by atoms with Crippen LogP contribution < -0.4 is 11.1 Å². The second kappa shape index (κ2) is 5.25. The van der Waals surface area contributed by atoms with Crippen LogP contribution in [0, 0.1) is 6.92 Å². The van der Waals surface area contributed by atoms with Crippen LogP contribution >= 0.6 is 0 Å². The molecule has 1 aliphatic carbocycles. The second-order valence-electron chi connectivity index (χ2n) is 4.57. The fourth-order valence-corrected chi connectivity index (χ4v) is 2.20. The van der Waals surface area contributed by atoms with E-state index in [2.05, 4.69) is 15.3 Å². The summed E-state index contributed by atoms with van der Waals surface area (Å²) in [5.74, 6) is 0.711. The van der Waals surface area contributed by atoms with Crippen molar-refractivity contribution in [1.29, 1.82) is 0 Å². The molecule has 16 heavy (non-hydrogen) atoms. The second-order valence-corrected chi connectivity index (χ2v) is 4.57. The normalized spacial score (nSPS) is 26.1. The first kappa shape index (κ1) is 11.3. The van der Waals surface area contributed by atoms with Crippen LogP contribution in [-0.4, -0.2) is 22.1 Å². The molecule has 2 atom stereocenters. The molecule has 0 saturated heterocycles. The van der Waals surface area contributed by atoms with E-state index < -0.39 is 0 Å². The first-order chi connectivity index (χ1) is 7.75. The lowest BCUT2D eigenvalue weighted by Gasteiger charge is -2.22. The fourth-order valence-electron chi connectivity index (χ4n) is 2.20. The third-order valence-corrected chi connectivity index (χ3v) is 3.18. The van der Waals surface area contributed by atoms with E-state index in [4.69, 9.17) is 5.73 Å². The Hall–Kier alpha value is -1.16. The zero-order chi connectivity index (χ0) is 11.4. The zero-order valence-electron chi connectivity index (χ0n) is 9.82. The number of nitrogens with two attached hydrogens (primary N) is 1. The van der Waals surface area contributed by atoms with Crippen molar-refractivity contribution in [3.8, 4) is 0 Å². The maximum atomic E-state index is 6.15. The van der Waals surface area contributed by atoms with Crippen molar-refractivity contribution < 1.29 is 0 Å². The van der Waals surface area contributed by atoms with Gasteiger partial charge < -0.3 is 11.1 Å². The van der Waals surface area contributed by atoms with E-state index >= 15 is 0 Å². The molecule has 0 spiro atoms. The topological polar surface area (TPSA) is 63.8 Å². The van der Waals surface area contributed by atoms with Crippen LogP contribution in [0.4, 0.5) is 5.95 Å². The van der Waals surface area contributed by atoms with Gasteiger partial charge in [-0.3, -0.25) is 0 Å². The van der Waals surface area contributed by atoms with E-state index in [1.165, 1.54) is 19.3 Å². The molecule has 1 aromatic heterocycles. The summed E-state index contributed by atoms with van der Waals surface area (Å²) in [5.41, 5.74) is 7.13. The molecule has 2 unspecified atom stereocenters. The molecule has 1 aliphatic rings. The Balaban J connectivity index is 2.02. The third-order valence-electron chi connectivity index (χ3n) is 3.18. The van der Waals surface area contributed by atoms with Gasteiger partial charge in [0.25, 0.3) is 0 Å². The highest BCUT2D eigenvalue weighted by atomic mass is 15.1. The zero-order valence-corrected chi connectivity index (χ0v) is 9.82. The minimum atomic E-state index is 0.228. The molecule has 2 rings (SSSR count). The number of nitrogens with one attached hydrogen (secondary N) is 1. The number of rotatable bonds is 2. The Morgan fingerprint density at radius 3 is 2.94 bits per heavy atom. The van der Waals surface area contributed by atoms with Crippen molar-refractivity contribution >= 4 is 5.95 Å². The lowest BCUT2D eigenvalue weighted by atomic mass is 10.0. The number of aryl methyl sites for hydroxylation is 1. The van der Waals surface area contributed by atoms with Gasteiger partial charge in [-0.25, -0.2) is 9.97 Å². The minimum Gasteiger partial charge on any atom is -0.350 e. The van der Waals surface area contributed by atoms with Gasteiger partial charge in [-0.05, 0) is 25.8 Å².